The Morgan fingerprint density at radius 3 is 2.24 bits per heavy atom. The van der Waals surface area contributed by atoms with Crippen LogP contribution in [-0.4, -0.2) is 24.4 Å². The van der Waals surface area contributed by atoms with Crippen molar-refractivity contribution in [1.29, 1.82) is 0 Å². The second-order valence-corrected chi connectivity index (χ2v) is 5.93. The predicted octanol–water partition coefficient (Wildman–Crippen LogP) is 4.34. The Bertz CT molecular complexity index is 711. The lowest BCUT2D eigenvalue weighted by Gasteiger charge is -2.18. The van der Waals surface area contributed by atoms with Crippen molar-refractivity contribution in [2.75, 3.05) is 18.9 Å². The van der Waals surface area contributed by atoms with Gasteiger partial charge in [0.05, 0.1) is 17.8 Å². The lowest BCUT2D eigenvalue weighted by Crippen LogP contribution is -2.30. The lowest BCUT2D eigenvalue weighted by molar-refractivity contribution is -0.137. The first-order valence-corrected chi connectivity index (χ1v) is 8.02. The van der Waals surface area contributed by atoms with E-state index in [1.807, 2.05) is 24.3 Å². The molecule has 0 radical (unpaired) electrons. The van der Waals surface area contributed by atoms with Crippen LogP contribution in [0.4, 0.5) is 18.9 Å². The molecule has 3 nitrogen and oxygen atoms in total. The van der Waals surface area contributed by atoms with Crippen molar-refractivity contribution in [3.63, 3.8) is 0 Å². The third kappa shape index (κ3) is 5.60. The van der Waals surface area contributed by atoms with Crippen molar-refractivity contribution in [3.05, 3.63) is 65.2 Å². The predicted molar refractivity (Wildman–Crippen MR) is 92.2 cm³/mol. The molecular weight excluding hydrogens is 329 g/mol. The fourth-order valence-corrected chi connectivity index (χ4v) is 2.52. The molecule has 0 atom stereocenters. The fourth-order valence-electron chi connectivity index (χ4n) is 2.52. The molecule has 0 aliphatic rings. The van der Waals surface area contributed by atoms with Gasteiger partial charge in [-0.05, 0) is 36.7 Å². The number of para-hydroxylation sites is 1. The number of carbonyl (C=O) groups excluding carboxylic acids is 1. The van der Waals surface area contributed by atoms with Crippen molar-refractivity contribution in [2.24, 2.45) is 0 Å². The third-order valence-electron chi connectivity index (χ3n) is 3.80. The zero-order valence-electron chi connectivity index (χ0n) is 14.2. The highest BCUT2D eigenvalue weighted by Gasteiger charge is 2.33. The summed E-state index contributed by atoms with van der Waals surface area (Å²) in [4.78, 5) is 13.8. The minimum atomic E-state index is -4.50. The van der Waals surface area contributed by atoms with Gasteiger partial charge in [-0.15, -0.1) is 0 Å². The summed E-state index contributed by atoms with van der Waals surface area (Å²) in [5.41, 5.74) is 1.21. The first-order valence-electron chi connectivity index (χ1n) is 8.02. The standard InChI is InChI=1S/C19H21F3N2O/c1-3-14-8-10-15(11-9-14)12-24(2)13-18(25)23-17-7-5-4-6-16(17)19(20,21)22/h4-11H,3,12-13H2,1-2H3,(H,23,25). The van der Waals surface area contributed by atoms with Crippen LogP contribution in [0.1, 0.15) is 23.6 Å². The number of alkyl halides is 3. The summed E-state index contributed by atoms with van der Waals surface area (Å²) in [5, 5.41) is 2.35. The van der Waals surface area contributed by atoms with Crippen LogP contribution in [0.15, 0.2) is 48.5 Å². The number of anilines is 1. The van der Waals surface area contributed by atoms with Crippen LogP contribution in [0.25, 0.3) is 0 Å². The molecule has 0 aliphatic heterocycles. The summed E-state index contributed by atoms with van der Waals surface area (Å²) in [5.74, 6) is -0.482. The van der Waals surface area contributed by atoms with Crippen LogP contribution in [0, 0.1) is 0 Å². The number of carbonyl (C=O) groups is 1. The smallest absolute Gasteiger partial charge is 0.324 e. The van der Waals surface area contributed by atoms with Gasteiger partial charge in [0.1, 0.15) is 0 Å². The average Bonchev–Trinajstić information content (AvgIpc) is 2.54. The minimum Gasteiger partial charge on any atom is -0.324 e. The molecule has 1 N–H and O–H groups in total. The number of amides is 1. The van der Waals surface area contributed by atoms with E-state index in [2.05, 4.69) is 12.2 Å². The van der Waals surface area contributed by atoms with Crippen molar-refractivity contribution < 1.29 is 18.0 Å². The van der Waals surface area contributed by atoms with Crippen molar-refractivity contribution in [2.45, 2.75) is 26.1 Å². The van der Waals surface area contributed by atoms with Crippen LogP contribution in [-0.2, 0) is 23.9 Å². The van der Waals surface area contributed by atoms with Crippen LogP contribution in [0.2, 0.25) is 0 Å². The molecule has 25 heavy (non-hydrogen) atoms. The average molecular weight is 350 g/mol. The molecular formula is C19H21F3N2O. The lowest BCUT2D eigenvalue weighted by atomic mass is 10.1. The van der Waals surface area contributed by atoms with Crippen LogP contribution in [0.3, 0.4) is 0 Å². The number of hydrogen-bond donors (Lipinski definition) is 1. The number of hydrogen-bond acceptors (Lipinski definition) is 2. The molecule has 0 spiro atoms. The van der Waals surface area contributed by atoms with Gasteiger partial charge >= 0.3 is 6.18 Å². The second-order valence-electron chi connectivity index (χ2n) is 5.93. The Labute approximate surface area is 145 Å². The Kier molecular flexibility index (Phi) is 6.20. The molecule has 0 heterocycles. The Hall–Kier alpha value is -2.34. The van der Waals surface area contributed by atoms with Crippen LogP contribution >= 0.6 is 0 Å². The van der Waals surface area contributed by atoms with Crippen molar-refractivity contribution >= 4 is 11.6 Å². The van der Waals surface area contributed by atoms with E-state index in [1.54, 1.807) is 11.9 Å². The fraction of sp³-hybridized carbons (Fsp3) is 0.316. The van der Waals surface area contributed by atoms with Gasteiger partial charge in [0, 0.05) is 6.54 Å². The highest BCUT2D eigenvalue weighted by Crippen LogP contribution is 2.34. The van der Waals surface area contributed by atoms with Gasteiger partial charge < -0.3 is 5.32 Å². The molecule has 0 fully saturated rings. The van der Waals surface area contributed by atoms with Gasteiger partial charge in [0.15, 0.2) is 0 Å². The molecule has 2 aromatic rings. The zero-order chi connectivity index (χ0) is 18.4. The van der Waals surface area contributed by atoms with Gasteiger partial charge in [0.2, 0.25) is 5.91 Å². The van der Waals surface area contributed by atoms with Crippen LogP contribution < -0.4 is 5.32 Å². The molecule has 0 bridgehead atoms. The summed E-state index contributed by atoms with van der Waals surface area (Å²) in [6.07, 6.45) is -3.55. The van der Waals surface area contributed by atoms with E-state index < -0.39 is 17.6 Å². The van der Waals surface area contributed by atoms with E-state index in [0.717, 1.165) is 18.1 Å². The van der Waals surface area contributed by atoms with E-state index in [4.69, 9.17) is 0 Å². The second kappa shape index (κ2) is 8.16. The Morgan fingerprint density at radius 2 is 1.64 bits per heavy atom. The zero-order valence-corrected chi connectivity index (χ0v) is 14.2. The minimum absolute atomic E-state index is 0.00171. The van der Waals surface area contributed by atoms with E-state index in [9.17, 15) is 18.0 Å². The topological polar surface area (TPSA) is 32.3 Å². The maximum absolute atomic E-state index is 12.9. The highest BCUT2D eigenvalue weighted by molar-refractivity contribution is 5.93. The summed E-state index contributed by atoms with van der Waals surface area (Å²) < 4.78 is 38.8. The number of nitrogens with one attached hydrogen (secondary N) is 1. The molecule has 2 rings (SSSR count). The number of benzene rings is 2. The van der Waals surface area contributed by atoms with Gasteiger partial charge in [-0.25, -0.2) is 0 Å². The van der Waals surface area contributed by atoms with Gasteiger partial charge in [0.25, 0.3) is 0 Å². The molecule has 2 aromatic carbocycles. The van der Waals surface area contributed by atoms with E-state index in [1.165, 1.54) is 23.8 Å². The molecule has 134 valence electrons. The summed E-state index contributed by atoms with van der Waals surface area (Å²) in [6, 6.07) is 13.0. The maximum Gasteiger partial charge on any atom is 0.418 e. The Morgan fingerprint density at radius 1 is 1.04 bits per heavy atom. The number of nitrogens with zero attached hydrogens (tertiary/aromatic N) is 1. The van der Waals surface area contributed by atoms with Crippen molar-refractivity contribution in [3.8, 4) is 0 Å². The molecule has 0 saturated heterocycles. The van der Waals surface area contributed by atoms with Gasteiger partial charge in [-0.1, -0.05) is 43.3 Å². The first kappa shape index (κ1) is 19.0. The molecule has 0 saturated carbocycles. The third-order valence-corrected chi connectivity index (χ3v) is 3.80. The maximum atomic E-state index is 12.9. The van der Waals surface area contributed by atoms with E-state index >= 15 is 0 Å². The SMILES string of the molecule is CCc1ccc(CN(C)CC(=O)Nc2ccccc2C(F)(F)F)cc1. The van der Waals surface area contributed by atoms with Gasteiger partial charge in [-0.3, -0.25) is 9.69 Å². The molecule has 1 amide bonds. The molecule has 0 aliphatic carbocycles. The largest absolute Gasteiger partial charge is 0.418 e. The monoisotopic (exact) mass is 350 g/mol. The van der Waals surface area contributed by atoms with Crippen molar-refractivity contribution in [1.82, 2.24) is 4.90 Å². The number of rotatable bonds is 6. The molecule has 0 aromatic heterocycles. The van der Waals surface area contributed by atoms with E-state index in [0.29, 0.717) is 6.54 Å². The first-order chi connectivity index (χ1) is 11.8. The number of halogens is 3. The normalized spacial score (nSPS) is 11.6. The van der Waals surface area contributed by atoms with Crippen LogP contribution in [0.5, 0.6) is 0 Å². The van der Waals surface area contributed by atoms with Gasteiger partial charge in [-0.2, -0.15) is 13.2 Å². The number of likely N-dealkylation sites (N-methyl/N-ethyl adjacent to an activating group) is 1. The summed E-state index contributed by atoms with van der Waals surface area (Å²) >= 11 is 0. The van der Waals surface area contributed by atoms with E-state index in [-0.39, 0.29) is 12.2 Å². The molecule has 6 heteroatoms. The number of aryl methyl sites for hydroxylation is 1. The Balaban J connectivity index is 1.96. The quantitative estimate of drug-likeness (QED) is 0.841. The highest BCUT2D eigenvalue weighted by atomic mass is 19.4. The summed E-state index contributed by atoms with van der Waals surface area (Å²) in [7, 11) is 1.75. The molecule has 0 unspecified atom stereocenters. The summed E-state index contributed by atoms with van der Waals surface area (Å²) in [6.45, 7) is 2.62.